The van der Waals surface area contributed by atoms with E-state index < -0.39 is 0 Å². The van der Waals surface area contributed by atoms with E-state index in [1.54, 1.807) is 11.3 Å². The molecule has 0 aliphatic heterocycles. The van der Waals surface area contributed by atoms with Gasteiger partial charge in [0.15, 0.2) is 0 Å². The van der Waals surface area contributed by atoms with Gasteiger partial charge in [0.1, 0.15) is 0 Å². The molecule has 1 aromatic carbocycles. The molecule has 1 aromatic heterocycles. The van der Waals surface area contributed by atoms with Crippen LogP contribution in [0, 0.1) is 0 Å². The molecule has 2 aromatic rings. The summed E-state index contributed by atoms with van der Waals surface area (Å²) >= 11 is 1.77. The maximum absolute atomic E-state index is 3.68. The Labute approximate surface area is 114 Å². The smallest absolute Gasteiger partial charge is 0.0395 e. The van der Waals surface area contributed by atoms with Crippen LogP contribution in [0.3, 0.4) is 0 Å². The van der Waals surface area contributed by atoms with E-state index in [-0.39, 0.29) is 0 Å². The molecule has 96 valence electrons. The van der Waals surface area contributed by atoms with Crippen LogP contribution in [-0.4, -0.2) is 6.54 Å². The zero-order chi connectivity index (χ0) is 12.8. The molecule has 0 aliphatic rings. The highest BCUT2D eigenvalue weighted by Crippen LogP contribution is 2.31. The zero-order valence-electron chi connectivity index (χ0n) is 11.1. The molecular formula is C16H21NS. The van der Waals surface area contributed by atoms with Gasteiger partial charge in [-0.1, -0.05) is 44.2 Å². The van der Waals surface area contributed by atoms with Crippen molar-refractivity contribution in [3.05, 3.63) is 58.3 Å². The van der Waals surface area contributed by atoms with Gasteiger partial charge in [0, 0.05) is 12.0 Å². The molecule has 0 amide bonds. The highest BCUT2D eigenvalue weighted by molar-refractivity contribution is 7.07. The molecule has 2 unspecified atom stereocenters. The van der Waals surface area contributed by atoms with E-state index in [0.717, 1.165) is 6.54 Å². The van der Waals surface area contributed by atoms with E-state index in [2.05, 4.69) is 66.3 Å². The first kappa shape index (κ1) is 13.3. The Bertz CT molecular complexity index is 435. The summed E-state index contributed by atoms with van der Waals surface area (Å²) in [6.07, 6.45) is 1.17. The van der Waals surface area contributed by atoms with Gasteiger partial charge in [-0.2, -0.15) is 11.3 Å². The van der Waals surface area contributed by atoms with Crippen LogP contribution in [0.2, 0.25) is 0 Å². The summed E-state index contributed by atoms with van der Waals surface area (Å²) < 4.78 is 0. The van der Waals surface area contributed by atoms with Crippen molar-refractivity contribution in [1.29, 1.82) is 0 Å². The van der Waals surface area contributed by atoms with Gasteiger partial charge in [0.05, 0.1) is 0 Å². The van der Waals surface area contributed by atoms with Gasteiger partial charge in [-0.15, -0.1) is 0 Å². The van der Waals surface area contributed by atoms with Gasteiger partial charge in [-0.05, 0) is 40.9 Å². The van der Waals surface area contributed by atoms with Gasteiger partial charge in [-0.3, -0.25) is 0 Å². The maximum Gasteiger partial charge on any atom is 0.0395 e. The molecule has 18 heavy (non-hydrogen) atoms. The molecule has 0 spiro atoms. The topological polar surface area (TPSA) is 12.0 Å². The summed E-state index contributed by atoms with van der Waals surface area (Å²) in [4.78, 5) is 0. The van der Waals surface area contributed by atoms with E-state index in [4.69, 9.17) is 0 Å². The minimum Gasteiger partial charge on any atom is -0.309 e. The minimum absolute atomic E-state index is 0.415. The first-order valence-electron chi connectivity index (χ1n) is 6.63. The van der Waals surface area contributed by atoms with Crippen LogP contribution in [0.15, 0.2) is 47.2 Å². The molecule has 0 saturated carbocycles. The minimum atomic E-state index is 0.415. The molecule has 2 rings (SSSR count). The maximum atomic E-state index is 3.68. The third-order valence-corrected chi connectivity index (χ3v) is 4.04. The monoisotopic (exact) mass is 259 g/mol. The SMILES string of the molecule is CCCNC(c1ccsc1)C(C)c1ccccc1. The lowest BCUT2D eigenvalue weighted by Gasteiger charge is -2.25. The van der Waals surface area contributed by atoms with Crippen molar-refractivity contribution < 1.29 is 0 Å². The first-order chi connectivity index (χ1) is 8.83. The quantitative estimate of drug-likeness (QED) is 0.800. The Balaban J connectivity index is 2.18. The summed E-state index contributed by atoms with van der Waals surface area (Å²) in [5.74, 6) is 0.493. The van der Waals surface area contributed by atoms with Gasteiger partial charge in [-0.25, -0.2) is 0 Å². The molecule has 1 nitrogen and oxygen atoms in total. The summed E-state index contributed by atoms with van der Waals surface area (Å²) in [5, 5.41) is 8.09. The Morgan fingerprint density at radius 3 is 2.50 bits per heavy atom. The lowest BCUT2D eigenvalue weighted by Crippen LogP contribution is -2.26. The number of benzene rings is 1. The van der Waals surface area contributed by atoms with Crippen LogP contribution in [-0.2, 0) is 0 Å². The molecule has 1 heterocycles. The van der Waals surface area contributed by atoms with E-state index in [9.17, 15) is 0 Å². The third kappa shape index (κ3) is 3.21. The number of rotatable bonds is 6. The number of hydrogen-bond acceptors (Lipinski definition) is 2. The molecule has 0 bridgehead atoms. The van der Waals surface area contributed by atoms with Crippen LogP contribution < -0.4 is 5.32 Å². The molecule has 1 N–H and O–H groups in total. The predicted molar refractivity (Wildman–Crippen MR) is 80.2 cm³/mol. The fraction of sp³-hybridized carbons (Fsp3) is 0.375. The number of thiophene rings is 1. The molecule has 0 aliphatic carbocycles. The molecular weight excluding hydrogens is 238 g/mol. The number of hydrogen-bond donors (Lipinski definition) is 1. The second-order valence-electron chi connectivity index (χ2n) is 4.69. The van der Waals surface area contributed by atoms with Gasteiger partial charge in [0.25, 0.3) is 0 Å². The van der Waals surface area contributed by atoms with E-state index >= 15 is 0 Å². The lowest BCUT2D eigenvalue weighted by atomic mass is 9.90. The second kappa shape index (κ2) is 6.72. The molecule has 0 fully saturated rings. The summed E-state index contributed by atoms with van der Waals surface area (Å²) in [7, 11) is 0. The first-order valence-corrected chi connectivity index (χ1v) is 7.57. The van der Waals surface area contributed by atoms with Crippen LogP contribution in [0.4, 0.5) is 0 Å². The normalized spacial score (nSPS) is 14.3. The van der Waals surface area contributed by atoms with Gasteiger partial charge >= 0.3 is 0 Å². The third-order valence-electron chi connectivity index (χ3n) is 3.34. The highest BCUT2D eigenvalue weighted by atomic mass is 32.1. The lowest BCUT2D eigenvalue weighted by molar-refractivity contribution is 0.467. The fourth-order valence-electron chi connectivity index (χ4n) is 2.28. The van der Waals surface area contributed by atoms with Crippen molar-refractivity contribution in [3.63, 3.8) is 0 Å². The molecule has 2 heteroatoms. The average Bonchev–Trinajstić information content (AvgIpc) is 2.94. The standard InChI is InChI=1S/C16H21NS/c1-3-10-17-16(15-9-11-18-12-15)13(2)14-7-5-4-6-8-14/h4-9,11-13,16-17H,3,10H2,1-2H3. The van der Waals surface area contributed by atoms with Crippen LogP contribution in [0.1, 0.15) is 43.4 Å². The Morgan fingerprint density at radius 1 is 1.11 bits per heavy atom. The van der Waals surface area contributed by atoms with Gasteiger partial charge < -0.3 is 5.32 Å². The highest BCUT2D eigenvalue weighted by Gasteiger charge is 2.20. The van der Waals surface area contributed by atoms with Gasteiger partial charge in [0.2, 0.25) is 0 Å². The Kier molecular flexibility index (Phi) is 4.97. The van der Waals surface area contributed by atoms with E-state index in [0.29, 0.717) is 12.0 Å². The zero-order valence-corrected chi connectivity index (χ0v) is 11.9. The number of nitrogens with one attached hydrogen (secondary N) is 1. The van der Waals surface area contributed by atoms with Crippen LogP contribution in [0.5, 0.6) is 0 Å². The van der Waals surface area contributed by atoms with Crippen molar-refractivity contribution in [3.8, 4) is 0 Å². The average molecular weight is 259 g/mol. The van der Waals surface area contributed by atoms with Crippen molar-refractivity contribution in [2.24, 2.45) is 0 Å². The van der Waals surface area contributed by atoms with Crippen molar-refractivity contribution in [2.75, 3.05) is 6.54 Å². The van der Waals surface area contributed by atoms with Crippen LogP contribution >= 0.6 is 11.3 Å². The molecule has 2 atom stereocenters. The summed E-state index contributed by atoms with van der Waals surface area (Å²) in [6, 6.07) is 13.4. The van der Waals surface area contributed by atoms with Crippen molar-refractivity contribution in [1.82, 2.24) is 5.32 Å². The van der Waals surface area contributed by atoms with Crippen LogP contribution in [0.25, 0.3) is 0 Å². The van der Waals surface area contributed by atoms with Crippen molar-refractivity contribution >= 4 is 11.3 Å². The molecule has 0 saturated heterocycles. The predicted octanol–water partition coefficient (Wildman–Crippen LogP) is 4.59. The Hall–Kier alpha value is -1.12. The second-order valence-corrected chi connectivity index (χ2v) is 5.47. The largest absolute Gasteiger partial charge is 0.309 e. The van der Waals surface area contributed by atoms with Crippen molar-refractivity contribution in [2.45, 2.75) is 32.2 Å². The fourth-order valence-corrected chi connectivity index (χ4v) is 2.98. The van der Waals surface area contributed by atoms with E-state index in [1.165, 1.54) is 17.5 Å². The Morgan fingerprint density at radius 2 is 1.89 bits per heavy atom. The summed E-state index contributed by atoms with van der Waals surface area (Å²) in [6.45, 7) is 5.59. The molecule has 0 radical (unpaired) electrons. The summed E-state index contributed by atoms with van der Waals surface area (Å²) in [5.41, 5.74) is 2.81. The van der Waals surface area contributed by atoms with E-state index in [1.807, 2.05) is 0 Å².